The minimum absolute atomic E-state index is 0. The van der Waals surface area contributed by atoms with Crippen molar-refractivity contribution in [1.29, 1.82) is 0 Å². The first-order valence-electron chi connectivity index (χ1n) is 6.18. The van der Waals surface area contributed by atoms with E-state index in [1.165, 1.54) is 12.1 Å². The van der Waals surface area contributed by atoms with E-state index in [4.69, 9.17) is 5.11 Å². The van der Waals surface area contributed by atoms with Gasteiger partial charge < -0.3 is 9.66 Å². The van der Waals surface area contributed by atoms with Gasteiger partial charge in [-0.3, -0.25) is 4.79 Å². The van der Waals surface area contributed by atoms with Gasteiger partial charge in [-0.25, -0.2) is 8.42 Å². The van der Waals surface area contributed by atoms with Crippen molar-refractivity contribution < 1.29 is 52.4 Å². The van der Waals surface area contributed by atoms with Crippen LogP contribution < -0.4 is 29.6 Å². The molecule has 110 valence electrons. The number of aliphatic hydroxyl groups excluding tert-OH is 1. The normalized spacial score (nSPS) is 12.3. The third-order valence-corrected chi connectivity index (χ3v) is 3.75. The second kappa shape index (κ2) is 8.01. The second-order valence-corrected chi connectivity index (χ2v) is 6.00. The summed E-state index contributed by atoms with van der Waals surface area (Å²) in [4.78, 5) is 11.6. The molecule has 0 heterocycles. The fraction of sp³-hybridized carbons (Fsp3) is 0.133. The van der Waals surface area contributed by atoms with Crippen LogP contribution in [0.2, 0.25) is 0 Å². The third-order valence-electron chi connectivity index (χ3n) is 2.99. The molecular weight excluding hydrogens is 315 g/mol. The average Bonchev–Trinajstić information content (AvgIpc) is 2.46. The molecule has 1 unspecified atom stereocenters. The van der Waals surface area contributed by atoms with Crippen molar-refractivity contribution >= 4 is 15.9 Å². The summed E-state index contributed by atoms with van der Waals surface area (Å²) in [7, 11) is -5.05. The van der Waals surface area contributed by atoms with Crippen LogP contribution in [0.1, 0.15) is 21.5 Å². The number of carbonyl (C=O) groups excluding carboxylic acids is 1. The molecule has 2 rings (SSSR count). The number of benzene rings is 2. The number of ketones is 1. The van der Waals surface area contributed by atoms with E-state index >= 15 is 0 Å². The maximum atomic E-state index is 11.6. The molecule has 0 aliphatic carbocycles. The Bertz CT molecular complexity index is 726. The van der Waals surface area contributed by atoms with Gasteiger partial charge in [0.15, 0.2) is 0 Å². The van der Waals surface area contributed by atoms with Gasteiger partial charge in [0.2, 0.25) is 11.2 Å². The number of aliphatic hydroxyl groups is 1. The minimum atomic E-state index is -5.05. The van der Waals surface area contributed by atoms with Crippen LogP contribution in [0.5, 0.6) is 0 Å². The summed E-state index contributed by atoms with van der Waals surface area (Å²) >= 11 is 0. The largest absolute Gasteiger partial charge is 1.00 e. The number of hydrogen-bond donors (Lipinski definition) is 1. The summed E-state index contributed by atoms with van der Waals surface area (Å²) in [6.45, 7) is 0. The number of Topliss-reactive ketones (excluding diaryl/α,β-unsaturated/α-hetero) is 1. The molecule has 0 fully saturated rings. The zero-order valence-corrected chi connectivity index (χ0v) is 14.8. The molecule has 0 aliphatic heterocycles. The molecule has 0 saturated heterocycles. The summed E-state index contributed by atoms with van der Waals surface area (Å²) in [5.74, 6) is -1.11. The summed E-state index contributed by atoms with van der Waals surface area (Å²) in [6, 6.07) is 15.8. The van der Waals surface area contributed by atoms with E-state index in [9.17, 15) is 17.8 Å². The summed E-state index contributed by atoms with van der Waals surface area (Å²) in [5, 5.41) is 9.16. The zero-order valence-electron chi connectivity index (χ0n) is 12.0. The first-order valence-corrected chi connectivity index (χ1v) is 7.65. The predicted molar refractivity (Wildman–Crippen MR) is 75.7 cm³/mol. The van der Waals surface area contributed by atoms with Gasteiger partial charge in [-0.15, -0.1) is 0 Å². The molecule has 1 atom stereocenters. The predicted octanol–water partition coefficient (Wildman–Crippen LogP) is -1.67. The third kappa shape index (κ3) is 5.01. The van der Waals surface area contributed by atoms with E-state index in [2.05, 4.69) is 0 Å². The Morgan fingerprint density at radius 2 is 1.50 bits per heavy atom. The van der Waals surface area contributed by atoms with E-state index in [0.29, 0.717) is 6.42 Å². The van der Waals surface area contributed by atoms with Gasteiger partial charge in [-0.1, -0.05) is 54.6 Å². The molecule has 5 nitrogen and oxygen atoms in total. The Morgan fingerprint density at radius 3 is 2.00 bits per heavy atom. The van der Waals surface area contributed by atoms with Crippen LogP contribution in [-0.4, -0.2) is 29.3 Å². The van der Waals surface area contributed by atoms with E-state index in [-0.39, 0.29) is 35.1 Å². The molecule has 22 heavy (non-hydrogen) atoms. The topological polar surface area (TPSA) is 94.5 Å². The first-order chi connectivity index (χ1) is 9.88. The van der Waals surface area contributed by atoms with Crippen molar-refractivity contribution in [3.05, 3.63) is 71.3 Å². The fourth-order valence-corrected chi connectivity index (χ4v) is 2.29. The van der Waals surface area contributed by atoms with E-state index in [1.54, 1.807) is 12.1 Å². The number of carbonyl (C=O) groups is 1. The second-order valence-electron chi connectivity index (χ2n) is 4.57. The summed E-state index contributed by atoms with van der Waals surface area (Å²) < 4.78 is 31.9. The molecule has 2 aromatic rings. The van der Waals surface area contributed by atoms with Gasteiger partial charge in [-0.05, 0) is 17.5 Å². The minimum Gasteiger partial charge on any atom is -0.746 e. The molecule has 0 aromatic heterocycles. The molecule has 2 aromatic carbocycles. The zero-order chi connectivity index (χ0) is 15.5. The van der Waals surface area contributed by atoms with Crippen LogP contribution in [0.25, 0.3) is 0 Å². The van der Waals surface area contributed by atoms with Crippen LogP contribution in [-0.2, 0) is 16.5 Å². The van der Waals surface area contributed by atoms with Gasteiger partial charge in [0.25, 0.3) is 0 Å². The van der Waals surface area contributed by atoms with Crippen molar-refractivity contribution in [2.24, 2.45) is 0 Å². The quantitative estimate of drug-likeness (QED) is 0.402. The molecule has 1 N–H and O–H groups in total. The van der Waals surface area contributed by atoms with Crippen LogP contribution in [0, 0.1) is 0 Å². The summed E-state index contributed by atoms with van der Waals surface area (Å²) in [6.07, 6.45) is 0.664. The monoisotopic (exact) mass is 328 g/mol. The Morgan fingerprint density at radius 1 is 1.00 bits per heavy atom. The maximum absolute atomic E-state index is 11.6. The number of hydrogen-bond acceptors (Lipinski definition) is 5. The van der Waals surface area contributed by atoms with E-state index in [1.807, 2.05) is 30.3 Å². The molecular formula is C15H13NaO5S. The van der Waals surface area contributed by atoms with Gasteiger partial charge in [0.05, 0.1) is 0 Å². The SMILES string of the molecule is O=C(c1ccc(Cc2ccccc2)cc1)C(O)S(=O)(=O)[O-].[Na+]. The van der Waals surface area contributed by atoms with Crippen LogP contribution in [0.3, 0.4) is 0 Å². The van der Waals surface area contributed by atoms with Crippen LogP contribution in [0.15, 0.2) is 54.6 Å². The van der Waals surface area contributed by atoms with Crippen LogP contribution >= 0.6 is 0 Å². The molecule has 0 spiro atoms. The Hall–Kier alpha value is -1.02. The Kier molecular flexibility index (Phi) is 6.93. The molecule has 7 heteroatoms. The fourth-order valence-electron chi connectivity index (χ4n) is 1.89. The molecule has 0 radical (unpaired) electrons. The Balaban J connectivity index is 0.00000242. The van der Waals surface area contributed by atoms with Gasteiger partial charge in [0.1, 0.15) is 10.1 Å². The maximum Gasteiger partial charge on any atom is 1.00 e. The van der Waals surface area contributed by atoms with Crippen molar-refractivity contribution in [2.75, 3.05) is 0 Å². The number of rotatable bonds is 5. The van der Waals surface area contributed by atoms with Crippen molar-refractivity contribution in [3.8, 4) is 0 Å². The average molecular weight is 328 g/mol. The van der Waals surface area contributed by atoms with E-state index < -0.39 is 21.3 Å². The van der Waals surface area contributed by atoms with Gasteiger partial charge in [0, 0.05) is 5.56 Å². The van der Waals surface area contributed by atoms with Gasteiger partial charge in [-0.2, -0.15) is 0 Å². The molecule has 0 aliphatic rings. The van der Waals surface area contributed by atoms with Gasteiger partial charge >= 0.3 is 29.6 Å². The standard InChI is InChI=1S/C15H14O5S.Na/c16-14(15(17)21(18,19)20)13-8-6-12(7-9-13)10-11-4-2-1-3-5-11;/h1-9,15,17H,10H2,(H,18,19,20);/q;+1/p-1. The van der Waals surface area contributed by atoms with Crippen molar-refractivity contribution in [2.45, 2.75) is 11.9 Å². The van der Waals surface area contributed by atoms with Crippen LogP contribution in [0.4, 0.5) is 0 Å². The van der Waals surface area contributed by atoms with Crippen molar-refractivity contribution in [1.82, 2.24) is 0 Å². The smallest absolute Gasteiger partial charge is 0.746 e. The van der Waals surface area contributed by atoms with Crippen molar-refractivity contribution in [3.63, 3.8) is 0 Å². The first kappa shape index (κ1) is 19.0. The van der Waals surface area contributed by atoms with E-state index in [0.717, 1.165) is 11.1 Å². The Labute approximate surface area is 151 Å². The molecule has 0 bridgehead atoms. The molecule has 0 amide bonds. The molecule has 0 saturated carbocycles. The summed E-state index contributed by atoms with van der Waals surface area (Å²) in [5.41, 5.74) is -0.549.